The van der Waals surface area contributed by atoms with Gasteiger partial charge in [-0.1, -0.05) is 11.6 Å². The van der Waals surface area contributed by atoms with Crippen molar-refractivity contribution in [3.05, 3.63) is 21.6 Å². The second-order valence-electron chi connectivity index (χ2n) is 5.99. The van der Waals surface area contributed by atoms with Crippen LogP contribution in [0, 0.1) is 0 Å². The second-order valence-corrected chi connectivity index (χ2v) is 6.37. The summed E-state index contributed by atoms with van der Waals surface area (Å²) in [5, 5.41) is 7.65. The fraction of sp³-hybridized carbons (Fsp3) is 0.714. The first-order valence-corrected chi connectivity index (χ1v) is 7.68. The van der Waals surface area contributed by atoms with E-state index >= 15 is 0 Å². The molecule has 118 valence electrons. The molecule has 1 saturated heterocycles. The zero-order valence-corrected chi connectivity index (χ0v) is 13.9. The molecular weight excluding hydrogens is 290 g/mol. The highest BCUT2D eigenvalue weighted by atomic mass is 35.5. The first-order valence-electron chi connectivity index (χ1n) is 7.30. The Balaban J connectivity index is 2.07. The van der Waals surface area contributed by atoms with Crippen molar-refractivity contribution in [3.8, 4) is 0 Å². The molecule has 0 saturated carbocycles. The molecule has 1 aromatic rings. The number of rotatable bonds is 4. The van der Waals surface area contributed by atoms with Gasteiger partial charge in [0, 0.05) is 32.2 Å². The summed E-state index contributed by atoms with van der Waals surface area (Å²) in [5.41, 5.74) is 0.367. The molecule has 0 radical (unpaired) electrons. The first-order chi connectivity index (χ1) is 9.90. The molecule has 1 aromatic heterocycles. The fourth-order valence-electron chi connectivity index (χ4n) is 2.49. The van der Waals surface area contributed by atoms with Crippen LogP contribution in [0.25, 0.3) is 0 Å². The van der Waals surface area contributed by atoms with Crippen molar-refractivity contribution in [3.63, 3.8) is 0 Å². The Morgan fingerprint density at radius 1 is 1.43 bits per heavy atom. The van der Waals surface area contributed by atoms with Crippen LogP contribution in [0.5, 0.6) is 0 Å². The third-order valence-corrected chi connectivity index (χ3v) is 4.31. The van der Waals surface area contributed by atoms with E-state index in [1.54, 1.807) is 6.20 Å². The van der Waals surface area contributed by atoms with Gasteiger partial charge in [0.1, 0.15) is 5.02 Å². The topological polar surface area (TPSA) is 53.4 Å². The van der Waals surface area contributed by atoms with E-state index in [4.69, 9.17) is 11.6 Å². The van der Waals surface area contributed by atoms with Crippen molar-refractivity contribution in [2.75, 3.05) is 45.6 Å². The lowest BCUT2D eigenvalue weighted by Crippen LogP contribution is -2.52. The Labute approximate surface area is 130 Å². The average Bonchev–Trinajstić information content (AvgIpc) is 2.43. The SMILES string of the molecule is CC(C)n1ncc(NCC2CN(C)CCN2C)c(Cl)c1=O. The van der Waals surface area contributed by atoms with Crippen LogP contribution in [0.4, 0.5) is 5.69 Å². The Hall–Kier alpha value is -1.11. The molecular formula is C14H24ClN5O. The maximum Gasteiger partial charge on any atom is 0.287 e. The normalized spacial score (nSPS) is 21.0. The zero-order chi connectivity index (χ0) is 15.6. The van der Waals surface area contributed by atoms with Gasteiger partial charge in [0.15, 0.2) is 0 Å². The third-order valence-electron chi connectivity index (χ3n) is 3.94. The van der Waals surface area contributed by atoms with Crippen molar-refractivity contribution in [2.24, 2.45) is 0 Å². The molecule has 2 heterocycles. The maximum absolute atomic E-state index is 12.1. The summed E-state index contributed by atoms with van der Waals surface area (Å²) in [6.07, 6.45) is 1.64. The van der Waals surface area contributed by atoms with Gasteiger partial charge in [-0.2, -0.15) is 5.10 Å². The largest absolute Gasteiger partial charge is 0.381 e. The van der Waals surface area contributed by atoms with Crippen LogP contribution in [0.2, 0.25) is 5.02 Å². The summed E-state index contributed by atoms with van der Waals surface area (Å²) < 4.78 is 1.40. The lowest BCUT2D eigenvalue weighted by Gasteiger charge is -2.37. The van der Waals surface area contributed by atoms with Crippen LogP contribution in [-0.4, -0.2) is 65.9 Å². The number of anilines is 1. The van der Waals surface area contributed by atoms with Crippen LogP contribution < -0.4 is 10.9 Å². The van der Waals surface area contributed by atoms with E-state index < -0.39 is 0 Å². The van der Waals surface area contributed by atoms with Crippen LogP contribution in [0.15, 0.2) is 11.0 Å². The van der Waals surface area contributed by atoms with Gasteiger partial charge in [0.25, 0.3) is 5.56 Å². The number of aromatic nitrogens is 2. The monoisotopic (exact) mass is 313 g/mol. The number of likely N-dealkylation sites (N-methyl/N-ethyl adjacent to an activating group) is 2. The molecule has 0 amide bonds. The van der Waals surface area contributed by atoms with E-state index in [1.165, 1.54) is 4.68 Å². The molecule has 1 aliphatic heterocycles. The van der Waals surface area contributed by atoms with E-state index in [0.29, 0.717) is 11.7 Å². The van der Waals surface area contributed by atoms with Gasteiger partial charge in [0.05, 0.1) is 17.9 Å². The second kappa shape index (κ2) is 6.77. The summed E-state index contributed by atoms with van der Waals surface area (Å²) >= 11 is 6.17. The molecule has 0 aromatic carbocycles. The standard InChI is InChI=1S/C14H24ClN5O/c1-10(2)20-14(21)13(15)12(8-17-20)16-7-11-9-18(3)5-6-19(11)4/h8,10-11,16H,5-7,9H2,1-4H3. The molecule has 0 bridgehead atoms. The van der Waals surface area contributed by atoms with Gasteiger partial charge in [-0.3, -0.25) is 9.69 Å². The molecule has 1 atom stereocenters. The third kappa shape index (κ3) is 3.75. The van der Waals surface area contributed by atoms with Gasteiger partial charge >= 0.3 is 0 Å². The van der Waals surface area contributed by atoms with E-state index in [0.717, 1.165) is 26.2 Å². The van der Waals surface area contributed by atoms with E-state index in [9.17, 15) is 4.79 Å². The minimum absolute atomic E-state index is 0.00202. The highest BCUT2D eigenvalue weighted by Crippen LogP contribution is 2.17. The summed E-state index contributed by atoms with van der Waals surface area (Å²) in [6.45, 7) is 7.68. The van der Waals surface area contributed by atoms with Crippen molar-refractivity contribution >= 4 is 17.3 Å². The Kier molecular flexibility index (Phi) is 5.24. The molecule has 7 heteroatoms. The first kappa shape index (κ1) is 16.3. The lowest BCUT2D eigenvalue weighted by molar-refractivity contribution is 0.122. The molecule has 6 nitrogen and oxygen atoms in total. The Morgan fingerprint density at radius 2 is 2.14 bits per heavy atom. The van der Waals surface area contributed by atoms with E-state index in [1.807, 2.05) is 13.8 Å². The highest BCUT2D eigenvalue weighted by molar-refractivity contribution is 6.32. The molecule has 1 N–H and O–H groups in total. The smallest absolute Gasteiger partial charge is 0.287 e. The molecule has 1 aliphatic rings. The lowest BCUT2D eigenvalue weighted by atomic mass is 10.2. The molecule has 1 fully saturated rings. The van der Waals surface area contributed by atoms with Crippen molar-refractivity contribution in [2.45, 2.75) is 25.9 Å². The predicted molar refractivity (Wildman–Crippen MR) is 86.3 cm³/mol. The van der Waals surface area contributed by atoms with E-state index in [-0.39, 0.29) is 16.6 Å². The van der Waals surface area contributed by atoms with Crippen LogP contribution >= 0.6 is 11.6 Å². The van der Waals surface area contributed by atoms with Crippen molar-refractivity contribution in [1.82, 2.24) is 19.6 Å². The van der Waals surface area contributed by atoms with Gasteiger partial charge in [-0.15, -0.1) is 0 Å². The fourth-order valence-corrected chi connectivity index (χ4v) is 2.69. The number of piperazine rings is 1. The van der Waals surface area contributed by atoms with Gasteiger partial charge in [0.2, 0.25) is 0 Å². The average molecular weight is 314 g/mol. The van der Waals surface area contributed by atoms with Crippen LogP contribution in [-0.2, 0) is 0 Å². The molecule has 0 spiro atoms. The number of nitrogens with zero attached hydrogens (tertiary/aromatic N) is 4. The molecule has 0 aliphatic carbocycles. The van der Waals surface area contributed by atoms with Gasteiger partial charge < -0.3 is 10.2 Å². The van der Waals surface area contributed by atoms with Gasteiger partial charge in [-0.05, 0) is 27.9 Å². The Bertz CT molecular complexity index is 545. The zero-order valence-electron chi connectivity index (χ0n) is 13.1. The number of hydrogen-bond donors (Lipinski definition) is 1. The number of hydrogen-bond acceptors (Lipinski definition) is 5. The quantitative estimate of drug-likeness (QED) is 0.903. The van der Waals surface area contributed by atoms with Crippen LogP contribution in [0.1, 0.15) is 19.9 Å². The van der Waals surface area contributed by atoms with Crippen molar-refractivity contribution < 1.29 is 0 Å². The maximum atomic E-state index is 12.1. The summed E-state index contributed by atoms with van der Waals surface area (Å²) in [4.78, 5) is 16.7. The van der Waals surface area contributed by atoms with Crippen LogP contribution in [0.3, 0.4) is 0 Å². The summed E-state index contributed by atoms with van der Waals surface area (Å²) in [7, 11) is 4.24. The minimum Gasteiger partial charge on any atom is -0.381 e. The Morgan fingerprint density at radius 3 is 2.81 bits per heavy atom. The van der Waals surface area contributed by atoms with E-state index in [2.05, 4.69) is 34.3 Å². The molecule has 2 rings (SSSR count). The summed E-state index contributed by atoms with van der Waals surface area (Å²) in [6, 6.07) is 0.398. The van der Waals surface area contributed by atoms with Gasteiger partial charge in [-0.25, -0.2) is 4.68 Å². The highest BCUT2D eigenvalue weighted by Gasteiger charge is 2.22. The van der Waals surface area contributed by atoms with Crippen molar-refractivity contribution in [1.29, 1.82) is 0 Å². The molecule has 21 heavy (non-hydrogen) atoms. The minimum atomic E-state index is -0.245. The number of halogens is 1. The predicted octanol–water partition coefficient (Wildman–Crippen LogP) is 1.14. The molecule has 1 unspecified atom stereocenters. The number of nitrogens with one attached hydrogen (secondary N) is 1. The summed E-state index contributed by atoms with van der Waals surface area (Å²) in [5.74, 6) is 0.